The number of nitrogens with one attached hydrogen (secondary N) is 1. The SMILES string of the molecule is O=C(CCc1ccc(F)cc1F)Nc1scc(-c2ccc(Br)cc2)c1C(=O)O. The van der Waals surface area contributed by atoms with Gasteiger partial charge in [-0.3, -0.25) is 4.79 Å². The van der Waals surface area contributed by atoms with Gasteiger partial charge in [-0.2, -0.15) is 0 Å². The van der Waals surface area contributed by atoms with Crippen LogP contribution in [0.15, 0.2) is 52.3 Å². The van der Waals surface area contributed by atoms with Crippen molar-refractivity contribution in [2.75, 3.05) is 5.32 Å². The maximum atomic E-state index is 13.7. The zero-order valence-electron chi connectivity index (χ0n) is 14.3. The quantitative estimate of drug-likeness (QED) is 0.488. The molecule has 0 fully saturated rings. The molecular weight excluding hydrogens is 452 g/mol. The van der Waals surface area contributed by atoms with E-state index >= 15 is 0 Å². The van der Waals surface area contributed by atoms with Gasteiger partial charge in [0.1, 0.15) is 22.2 Å². The number of rotatable bonds is 6. The van der Waals surface area contributed by atoms with E-state index in [1.807, 2.05) is 0 Å². The number of carboxylic acid groups (broad SMARTS) is 1. The van der Waals surface area contributed by atoms with Gasteiger partial charge in [-0.1, -0.05) is 34.1 Å². The van der Waals surface area contributed by atoms with E-state index < -0.39 is 23.5 Å². The first-order valence-corrected chi connectivity index (χ1v) is 9.87. The highest BCUT2D eigenvalue weighted by molar-refractivity contribution is 9.10. The molecule has 0 unspecified atom stereocenters. The van der Waals surface area contributed by atoms with E-state index in [1.54, 1.807) is 29.6 Å². The van der Waals surface area contributed by atoms with E-state index in [4.69, 9.17) is 0 Å². The van der Waals surface area contributed by atoms with Crippen LogP contribution in [-0.4, -0.2) is 17.0 Å². The summed E-state index contributed by atoms with van der Waals surface area (Å²) in [6.45, 7) is 0. The molecule has 3 rings (SSSR count). The number of hydrogen-bond donors (Lipinski definition) is 2. The van der Waals surface area contributed by atoms with Crippen molar-refractivity contribution in [2.24, 2.45) is 0 Å². The fourth-order valence-corrected chi connectivity index (χ4v) is 3.91. The highest BCUT2D eigenvalue weighted by Gasteiger charge is 2.21. The van der Waals surface area contributed by atoms with Gasteiger partial charge >= 0.3 is 5.97 Å². The molecule has 1 aromatic heterocycles. The van der Waals surface area contributed by atoms with Crippen molar-refractivity contribution in [3.63, 3.8) is 0 Å². The van der Waals surface area contributed by atoms with Gasteiger partial charge in [0, 0.05) is 27.9 Å². The van der Waals surface area contributed by atoms with Crippen LogP contribution in [-0.2, 0) is 11.2 Å². The number of amides is 1. The molecule has 0 saturated carbocycles. The number of carboxylic acids is 1. The summed E-state index contributed by atoms with van der Waals surface area (Å²) in [7, 11) is 0. The van der Waals surface area contributed by atoms with Crippen molar-refractivity contribution in [3.05, 3.63) is 75.1 Å². The molecule has 2 aromatic carbocycles. The third-order valence-corrected chi connectivity index (χ3v) is 5.47. The molecule has 0 aliphatic rings. The average molecular weight is 466 g/mol. The van der Waals surface area contributed by atoms with Crippen LogP contribution in [0.1, 0.15) is 22.3 Å². The van der Waals surface area contributed by atoms with Gasteiger partial charge in [-0.25, -0.2) is 13.6 Å². The molecule has 0 atom stereocenters. The van der Waals surface area contributed by atoms with Crippen molar-refractivity contribution in [3.8, 4) is 11.1 Å². The predicted octanol–water partition coefficient (Wildman–Crippen LogP) is 5.73. The van der Waals surface area contributed by atoms with Crippen LogP contribution >= 0.6 is 27.3 Å². The second-order valence-electron chi connectivity index (χ2n) is 5.95. The van der Waals surface area contributed by atoms with Crippen molar-refractivity contribution in [2.45, 2.75) is 12.8 Å². The summed E-state index contributed by atoms with van der Waals surface area (Å²) >= 11 is 4.44. The number of halogens is 3. The Morgan fingerprint density at radius 3 is 2.46 bits per heavy atom. The number of aryl methyl sites for hydroxylation is 1. The number of carbonyl (C=O) groups is 2. The van der Waals surface area contributed by atoms with Crippen LogP contribution in [0.3, 0.4) is 0 Å². The summed E-state index contributed by atoms with van der Waals surface area (Å²) in [4.78, 5) is 24.0. The highest BCUT2D eigenvalue weighted by atomic mass is 79.9. The van der Waals surface area contributed by atoms with Crippen LogP contribution in [0, 0.1) is 11.6 Å². The number of aromatic carboxylic acids is 1. The summed E-state index contributed by atoms with van der Waals surface area (Å²) in [6, 6.07) is 10.3. The van der Waals surface area contributed by atoms with Crippen molar-refractivity contribution < 1.29 is 23.5 Å². The van der Waals surface area contributed by atoms with Gasteiger partial charge in [0.2, 0.25) is 5.91 Å². The van der Waals surface area contributed by atoms with Gasteiger partial charge in [0.25, 0.3) is 0 Å². The van der Waals surface area contributed by atoms with Gasteiger partial charge in [0.15, 0.2) is 0 Å². The summed E-state index contributed by atoms with van der Waals surface area (Å²) in [5, 5.41) is 14.1. The van der Waals surface area contributed by atoms with Gasteiger partial charge in [-0.15, -0.1) is 11.3 Å². The summed E-state index contributed by atoms with van der Waals surface area (Å²) in [5.41, 5.74) is 1.45. The summed E-state index contributed by atoms with van der Waals surface area (Å²) in [6.07, 6.45) is 0.0123. The Morgan fingerprint density at radius 1 is 1.11 bits per heavy atom. The largest absolute Gasteiger partial charge is 0.478 e. The minimum absolute atomic E-state index is 0.00800. The molecule has 0 bridgehead atoms. The maximum absolute atomic E-state index is 13.7. The lowest BCUT2D eigenvalue weighted by molar-refractivity contribution is -0.116. The number of hydrogen-bond acceptors (Lipinski definition) is 3. The minimum Gasteiger partial charge on any atom is -0.478 e. The normalized spacial score (nSPS) is 10.7. The molecule has 1 amide bonds. The predicted molar refractivity (Wildman–Crippen MR) is 108 cm³/mol. The van der Waals surface area contributed by atoms with Crippen LogP contribution in [0.25, 0.3) is 11.1 Å². The second-order valence-corrected chi connectivity index (χ2v) is 7.74. The Bertz CT molecular complexity index is 1030. The minimum atomic E-state index is -1.15. The van der Waals surface area contributed by atoms with Gasteiger partial charge in [0.05, 0.1) is 0 Å². The number of anilines is 1. The molecule has 0 radical (unpaired) electrons. The first-order valence-electron chi connectivity index (χ1n) is 8.19. The lowest BCUT2D eigenvalue weighted by Crippen LogP contribution is -2.14. The van der Waals surface area contributed by atoms with Crippen molar-refractivity contribution >= 4 is 44.1 Å². The molecule has 144 valence electrons. The highest BCUT2D eigenvalue weighted by Crippen LogP contribution is 2.36. The molecule has 28 heavy (non-hydrogen) atoms. The third kappa shape index (κ3) is 4.63. The Balaban J connectivity index is 1.75. The van der Waals surface area contributed by atoms with E-state index in [1.165, 1.54) is 6.07 Å². The first kappa shape index (κ1) is 20.2. The van der Waals surface area contributed by atoms with E-state index in [0.29, 0.717) is 11.1 Å². The Labute approximate surface area is 172 Å². The molecular formula is C20H14BrF2NO3S. The van der Waals surface area contributed by atoms with Crippen LogP contribution < -0.4 is 5.32 Å². The number of benzene rings is 2. The number of carbonyl (C=O) groups excluding carboxylic acids is 1. The van der Waals surface area contributed by atoms with Gasteiger partial charge < -0.3 is 10.4 Å². The summed E-state index contributed by atoms with van der Waals surface area (Å²) < 4.78 is 27.5. The zero-order chi connectivity index (χ0) is 20.3. The van der Waals surface area contributed by atoms with Crippen LogP contribution in [0.5, 0.6) is 0 Å². The standard InChI is InChI=1S/C20H14BrF2NO3S/c21-13-5-1-11(2-6-13)15-10-28-19(18(15)20(26)27)24-17(25)8-4-12-3-7-14(22)9-16(12)23/h1-3,5-7,9-10H,4,8H2,(H,24,25)(H,26,27). The molecule has 0 aliphatic carbocycles. The molecule has 0 saturated heterocycles. The number of thiophene rings is 1. The second kappa shape index (κ2) is 8.62. The molecule has 4 nitrogen and oxygen atoms in total. The first-order chi connectivity index (χ1) is 13.3. The lowest BCUT2D eigenvalue weighted by Gasteiger charge is -2.07. The van der Waals surface area contributed by atoms with Crippen molar-refractivity contribution in [1.29, 1.82) is 0 Å². The zero-order valence-corrected chi connectivity index (χ0v) is 16.7. The molecule has 8 heteroatoms. The molecule has 1 heterocycles. The van der Waals surface area contributed by atoms with E-state index in [2.05, 4.69) is 21.2 Å². The molecule has 0 aliphatic heterocycles. The van der Waals surface area contributed by atoms with Crippen LogP contribution in [0.4, 0.5) is 13.8 Å². The van der Waals surface area contributed by atoms with E-state index in [9.17, 15) is 23.5 Å². The van der Waals surface area contributed by atoms with Gasteiger partial charge in [-0.05, 0) is 35.7 Å². The fraction of sp³-hybridized carbons (Fsp3) is 0.100. The fourth-order valence-electron chi connectivity index (χ4n) is 2.67. The molecule has 3 aromatic rings. The van der Waals surface area contributed by atoms with E-state index in [-0.39, 0.29) is 29.0 Å². The topological polar surface area (TPSA) is 66.4 Å². The lowest BCUT2D eigenvalue weighted by atomic mass is 10.0. The third-order valence-electron chi connectivity index (χ3n) is 4.05. The molecule has 0 spiro atoms. The average Bonchev–Trinajstić information content (AvgIpc) is 3.05. The maximum Gasteiger partial charge on any atom is 0.339 e. The van der Waals surface area contributed by atoms with Crippen LogP contribution in [0.2, 0.25) is 0 Å². The Hall–Kier alpha value is -2.58. The van der Waals surface area contributed by atoms with Crippen molar-refractivity contribution in [1.82, 2.24) is 0 Å². The summed E-state index contributed by atoms with van der Waals surface area (Å²) in [5.74, 6) is -3.00. The van der Waals surface area contributed by atoms with E-state index in [0.717, 1.165) is 27.9 Å². The molecule has 2 N–H and O–H groups in total. The Morgan fingerprint density at radius 2 is 1.82 bits per heavy atom. The Kier molecular flexibility index (Phi) is 6.21. The monoisotopic (exact) mass is 465 g/mol. The smallest absolute Gasteiger partial charge is 0.339 e.